The van der Waals surface area contributed by atoms with Gasteiger partial charge in [-0.2, -0.15) is 5.10 Å². The van der Waals surface area contributed by atoms with E-state index in [1.54, 1.807) is 30.5 Å². The van der Waals surface area contributed by atoms with Crippen molar-refractivity contribution in [2.75, 3.05) is 5.43 Å². The average Bonchev–Trinajstić information content (AvgIpc) is 2.93. The van der Waals surface area contributed by atoms with Crippen LogP contribution in [-0.2, 0) is 0 Å². The number of hydrogen-bond acceptors (Lipinski definition) is 6. The molecule has 1 aromatic heterocycles. The summed E-state index contributed by atoms with van der Waals surface area (Å²) in [6.45, 7) is 3.93. The van der Waals surface area contributed by atoms with E-state index in [4.69, 9.17) is 4.74 Å². The highest BCUT2D eigenvalue weighted by atomic mass is 32.1. The lowest BCUT2D eigenvalue weighted by atomic mass is 10.2. The van der Waals surface area contributed by atoms with Crippen LogP contribution in [0.25, 0.3) is 0 Å². The van der Waals surface area contributed by atoms with Gasteiger partial charge >= 0.3 is 5.97 Å². The third kappa shape index (κ3) is 4.31. The van der Waals surface area contributed by atoms with Crippen LogP contribution in [0.1, 0.15) is 26.5 Å². The third-order valence-electron chi connectivity index (χ3n) is 3.56. The molecule has 0 saturated carbocycles. The van der Waals surface area contributed by atoms with Crippen LogP contribution in [0.2, 0.25) is 0 Å². The molecule has 0 spiro atoms. The molecule has 0 aliphatic heterocycles. The number of carbonyl (C=O) groups is 1. The molecular weight excluding hydrogens is 353 g/mol. The second kappa shape index (κ2) is 7.88. The van der Waals surface area contributed by atoms with Crippen molar-refractivity contribution in [3.63, 3.8) is 0 Å². The summed E-state index contributed by atoms with van der Waals surface area (Å²) in [6, 6.07) is 12.5. The van der Waals surface area contributed by atoms with Crippen LogP contribution in [0, 0.1) is 19.7 Å². The van der Waals surface area contributed by atoms with Gasteiger partial charge in [-0.25, -0.2) is 14.2 Å². The molecule has 0 unspecified atom stereocenters. The number of thiazole rings is 1. The van der Waals surface area contributed by atoms with E-state index in [0.29, 0.717) is 10.9 Å². The van der Waals surface area contributed by atoms with Gasteiger partial charge < -0.3 is 4.74 Å². The average molecular weight is 369 g/mol. The lowest BCUT2D eigenvalue weighted by Crippen LogP contribution is -2.10. The number of carbonyl (C=O) groups excluding carboxylic acids is 1. The van der Waals surface area contributed by atoms with E-state index in [1.165, 1.54) is 29.5 Å². The van der Waals surface area contributed by atoms with Gasteiger partial charge in [-0.05, 0) is 43.7 Å². The first kappa shape index (κ1) is 17.8. The van der Waals surface area contributed by atoms with Crippen LogP contribution in [0.5, 0.6) is 5.75 Å². The van der Waals surface area contributed by atoms with Crippen molar-refractivity contribution in [3.05, 3.63) is 76.0 Å². The predicted octanol–water partition coefficient (Wildman–Crippen LogP) is 4.56. The summed E-state index contributed by atoms with van der Waals surface area (Å²) in [5, 5.41) is 4.84. The van der Waals surface area contributed by atoms with E-state index >= 15 is 0 Å². The van der Waals surface area contributed by atoms with Crippen LogP contribution in [0.4, 0.5) is 9.52 Å². The lowest BCUT2D eigenvalue weighted by Gasteiger charge is -2.05. The highest BCUT2D eigenvalue weighted by molar-refractivity contribution is 7.15. The minimum atomic E-state index is -0.746. The quantitative estimate of drug-likeness (QED) is 0.310. The Balaban J connectivity index is 1.67. The maximum atomic E-state index is 13.6. The zero-order valence-corrected chi connectivity index (χ0v) is 15.0. The van der Waals surface area contributed by atoms with Crippen LogP contribution in [0.15, 0.2) is 53.6 Å². The van der Waals surface area contributed by atoms with Gasteiger partial charge in [0, 0.05) is 4.88 Å². The van der Waals surface area contributed by atoms with E-state index in [2.05, 4.69) is 15.5 Å². The Kier molecular flexibility index (Phi) is 5.38. The standard InChI is InChI=1S/C19H16FN3O2S/c1-12-13(2)26-19(22-12)23-21-11-14-6-5-7-15(10-14)25-18(24)16-8-3-4-9-17(16)20/h3-11H,1-2H3,(H,22,23)/b21-11-. The molecule has 0 bridgehead atoms. The number of aromatic nitrogens is 1. The van der Waals surface area contributed by atoms with Gasteiger partial charge in [0.1, 0.15) is 11.6 Å². The first-order valence-electron chi connectivity index (χ1n) is 7.83. The Bertz CT molecular complexity index is 949. The Morgan fingerprint density at radius 1 is 1.23 bits per heavy atom. The number of nitrogens with zero attached hydrogens (tertiary/aromatic N) is 2. The topological polar surface area (TPSA) is 63.6 Å². The molecule has 3 aromatic rings. The molecule has 0 aliphatic carbocycles. The number of ether oxygens (including phenoxy) is 1. The first-order chi connectivity index (χ1) is 12.5. The summed E-state index contributed by atoms with van der Waals surface area (Å²) in [7, 11) is 0. The number of hydrogen-bond donors (Lipinski definition) is 1. The number of hydrazone groups is 1. The maximum absolute atomic E-state index is 13.6. The third-order valence-corrected chi connectivity index (χ3v) is 4.54. The van der Waals surface area contributed by atoms with Crippen molar-refractivity contribution in [3.8, 4) is 5.75 Å². The van der Waals surface area contributed by atoms with Crippen molar-refractivity contribution in [2.45, 2.75) is 13.8 Å². The Labute approximate surface area is 154 Å². The molecular formula is C19H16FN3O2S. The molecule has 1 N–H and O–H groups in total. The second-order valence-corrected chi connectivity index (χ2v) is 6.68. The molecule has 5 nitrogen and oxygen atoms in total. The van der Waals surface area contributed by atoms with E-state index in [9.17, 15) is 9.18 Å². The molecule has 0 atom stereocenters. The summed E-state index contributed by atoms with van der Waals surface area (Å²) in [4.78, 5) is 17.5. The fraction of sp³-hybridized carbons (Fsp3) is 0.105. The van der Waals surface area contributed by atoms with Crippen molar-refractivity contribution in [1.82, 2.24) is 4.98 Å². The van der Waals surface area contributed by atoms with Crippen LogP contribution in [-0.4, -0.2) is 17.2 Å². The lowest BCUT2D eigenvalue weighted by molar-refractivity contribution is 0.0730. The summed E-state index contributed by atoms with van der Waals surface area (Å²) < 4.78 is 18.9. The molecule has 0 amide bonds. The predicted molar refractivity (Wildman–Crippen MR) is 101 cm³/mol. The van der Waals surface area contributed by atoms with E-state index in [-0.39, 0.29) is 5.56 Å². The molecule has 26 heavy (non-hydrogen) atoms. The van der Waals surface area contributed by atoms with E-state index in [0.717, 1.165) is 16.1 Å². The molecule has 0 fully saturated rings. The number of aryl methyl sites for hydroxylation is 2. The van der Waals surface area contributed by atoms with Crippen LogP contribution < -0.4 is 10.2 Å². The largest absolute Gasteiger partial charge is 0.423 e. The Hall–Kier alpha value is -3.06. The minimum absolute atomic E-state index is 0.109. The maximum Gasteiger partial charge on any atom is 0.346 e. The van der Waals surface area contributed by atoms with Crippen molar-refractivity contribution >= 4 is 28.7 Å². The van der Waals surface area contributed by atoms with Gasteiger partial charge in [0.2, 0.25) is 5.13 Å². The van der Waals surface area contributed by atoms with Crippen molar-refractivity contribution in [2.24, 2.45) is 5.10 Å². The SMILES string of the molecule is Cc1nc(N/N=C\c2cccc(OC(=O)c3ccccc3F)c2)sc1C. The molecule has 3 rings (SSSR count). The number of anilines is 1. The number of esters is 1. The van der Waals surface area contributed by atoms with Crippen molar-refractivity contribution in [1.29, 1.82) is 0 Å². The second-order valence-electron chi connectivity index (χ2n) is 5.47. The summed E-state index contributed by atoms with van der Waals surface area (Å²) in [5.41, 5.74) is 4.45. The molecule has 0 radical (unpaired) electrons. The smallest absolute Gasteiger partial charge is 0.346 e. The molecule has 0 saturated heterocycles. The van der Waals surface area contributed by atoms with Gasteiger partial charge in [0.15, 0.2) is 0 Å². The Morgan fingerprint density at radius 2 is 2.04 bits per heavy atom. The minimum Gasteiger partial charge on any atom is -0.423 e. The molecule has 7 heteroatoms. The van der Waals surface area contributed by atoms with Crippen LogP contribution in [0.3, 0.4) is 0 Å². The molecule has 2 aromatic carbocycles. The fourth-order valence-corrected chi connectivity index (χ4v) is 2.89. The highest BCUT2D eigenvalue weighted by Gasteiger charge is 2.13. The first-order valence-corrected chi connectivity index (χ1v) is 8.64. The molecule has 1 heterocycles. The van der Waals surface area contributed by atoms with Gasteiger partial charge in [0.25, 0.3) is 0 Å². The van der Waals surface area contributed by atoms with Crippen molar-refractivity contribution < 1.29 is 13.9 Å². The van der Waals surface area contributed by atoms with Gasteiger partial charge in [-0.1, -0.05) is 24.3 Å². The van der Waals surface area contributed by atoms with Gasteiger partial charge in [0.05, 0.1) is 17.5 Å². The number of rotatable bonds is 5. The summed E-state index contributed by atoms with van der Waals surface area (Å²) >= 11 is 1.52. The zero-order chi connectivity index (χ0) is 18.5. The molecule has 0 aliphatic rings. The van der Waals surface area contributed by atoms with E-state index in [1.807, 2.05) is 19.9 Å². The highest BCUT2D eigenvalue weighted by Crippen LogP contribution is 2.21. The molecule has 132 valence electrons. The monoisotopic (exact) mass is 369 g/mol. The summed E-state index contributed by atoms with van der Waals surface area (Å²) in [5.74, 6) is -1.05. The summed E-state index contributed by atoms with van der Waals surface area (Å²) in [6.07, 6.45) is 1.59. The number of nitrogens with one attached hydrogen (secondary N) is 1. The fourth-order valence-electron chi connectivity index (χ4n) is 2.13. The van der Waals surface area contributed by atoms with Gasteiger partial charge in [-0.3, -0.25) is 5.43 Å². The number of benzene rings is 2. The van der Waals surface area contributed by atoms with E-state index < -0.39 is 11.8 Å². The van der Waals surface area contributed by atoms with Crippen LogP contribution >= 0.6 is 11.3 Å². The Morgan fingerprint density at radius 3 is 2.77 bits per heavy atom. The zero-order valence-electron chi connectivity index (χ0n) is 14.2. The normalized spacial score (nSPS) is 10.9. The van der Waals surface area contributed by atoms with Gasteiger partial charge in [-0.15, -0.1) is 11.3 Å². The number of halogens is 1.